The summed E-state index contributed by atoms with van der Waals surface area (Å²) in [7, 11) is 0. The number of ether oxygens (including phenoxy) is 1. The normalized spacial score (nSPS) is 11.1. The highest BCUT2D eigenvalue weighted by molar-refractivity contribution is 14.0. The minimum Gasteiger partial charge on any atom is -0.380 e. The summed E-state index contributed by atoms with van der Waals surface area (Å²) >= 11 is 0. The van der Waals surface area contributed by atoms with Gasteiger partial charge in [-0.05, 0) is 20.8 Å². The van der Waals surface area contributed by atoms with Gasteiger partial charge in [-0.1, -0.05) is 0 Å². The van der Waals surface area contributed by atoms with Gasteiger partial charge in [0.25, 0.3) is 0 Å². The molecule has 0 aliphatic rings. The Labute approximate surface area is 137 Å². The number of guanidine groups is 1. The van der Waals surface area contributed by atoms with Crippen molar-refractivity contribution in [3.63, 3.8) is 0 Å². The van der Waals surface area contributed by atoms with Gasteiger partial charge in [-0.3, -0.25) is 0 Å². The zero-order chi connectivity index (χ0) is 13.9. The molecule has 0 saturated carbocycles. The van der Waals surface area contributed by atoms with Gasteiger partial charge in [0.15, 0.2) is 11.8 Å². The minimum absolute atomic E-state index is 0. The molecule has 0 spiro atoms. The van der Waals surface area contributed by atoms with Crippen LogP contribution in [0.1, 0.15) is 26.6 Å². The van der Waals surface area contributed by atoms with Gasteiger partial charge in [0.05, 0.1) is 6.61 Å². The molecule has 8 heteroatoms. The quantitative estimate of drug-likeness (QED) is 0.297. The molecule has 20 heavy (non-hydrogen) atoms. The summed E-state index contributed by atoms with van der Waals surface area (Å²) in [4.78, 5) is 4.48. The molecule has 0 bridgehead atoms. The van der Waals surface area contributed by atoms with E-state index in [0.717, 1.165) is 38.0 Å². The van der Waals surface area contributed by atoms with E-state index in [1.807, 2.05) is 18.4 Å². The van der Waals surface area contributed by atoms with Crippen LogP contribution in [0.3, 0.4) is 0 Å². The third-order valence-electron chi connectivity index (χ3n) is 2.50. The van der Waals surface area contributed by atoms with E-state index in [9.17, 15) is 0 Å². The maximum absolute atomic E-state index is 5.28. The van der Waals surface area contributed by atoms with Crippen molar-refractivity contribution in [3.8, 4) is 0 Å². The number of aliphatic imine (C=N–C) groups is 1. The molecule has 0 fully saturated rings. The number of rotatable bonds is 8. The summed E-state index contributed by atoms with van der Waals surface area (Å²) in [5.74, 6) is 1.64. The van der Waals surface area contributed by atoms with Crippen molar-refractivity contribution in [1.29, 1.82) is 0 Å². The van der Waals surface area contributed by atoms with Crippen LogP contribution >= 0.6 is 24.0 Å². The van der Waals surface area contributed by atoms with Crippen molar-refractivity contribution >= 4 is 29.9 Å². The molecule has 0 atom stereocenters. The molecule has 1 rings (SSSR count). The van der Waals surface area contributed by atoms with E-state index in [1.54, 1.807) is 6.33 Å². The molecular weight excluding hydrogens is 371 g/mol. The topological polar surface area (TPSA) is 76.4 Å². The van der Waals surface area contributed by atoms with Crippen molar-refractivity contribution in [2.45, 2.75) is 33.9 Å². The van der Waals surface area contributed by atoms with Gasteiger partial charge in [-0.25, -0.2) is 4.99 Å². The Balaban J connectivity index is 0.00000361. The van der Waals surface area contributed by atoms with Crippen LogP contribution < -0.4 is 10.6 Å². The highest BCUT2D eigenvalue weighted by Gasteiger charge is 2.02. The lowest BCUT2D eigenvalue weighted by atomic mass is 10.5. The van der Waals surface area contributed by atoms with Crippen LogP contribution in [0.2, 0.25) is 0 Å². The Bertz CT molecular complexity index is 382. The van der Waals surface area contributed by atoms with Gasteiger partial charge in [0, 0.05) is 26.2 Å². The van der Waals surface area contributed by atoms with E-state index < -0.39 is 0 Å². The predicted molar refractivity (Wildman–Crippen MR) is 90.4 cm³/mol. The van der Waals surface area contributed by atoms with Crippen molar-refractivity contribution in [3.05, 3.63) is 12.2 Å². The van der Waals surface area contributed by atoms with Gasteiger partial charge >= 0.3 is 0 Å². The zero-order valence-corrected chi connectivity index (χ0v) is 14.8. The fourth-order valence-corrected chi connectivity index (χ4v) is 1.54. The summed E-state index contributed by atoms with van der Waals surface area (Å²) in [5.41, 5.74) is 0. The Morgan fingerprint density at radius 3 is 2.80 bits per heavy atom. The van der Waals surface area contributed by atoms with Crippen LogP contribution in [0, 0.1) is 0 Å². The monoisotopic (exact) mass is 396 g/mol. The maximum Gasteiger partial charge on any atom is 0.191 e. The zero-order valence-electron chi connectivity index (χ0n) is 12.4. The van der Waals surface area contributed by atoms with E-state index >= 15 is 0 Å². The second kappa shape index (κ2) is 11.9. The van der Waals surface area contributed by atoms with E-state index in [1.165, 1.54) is 0 Å². The first kappa shape index (κ1) is 19.1. The average Bonchev–Trinajstić information content (AvgIpc) is 2.88. The van der Waals surface area contributed by atoms with Crippen LogP contribution in [-0.4, -0.2) is 47.0 Å². The fraction of sp³-hybridized carbons (Fsp3) is 0.750. The Kier molecular flexibility index (Phi) is 11.4. The molecule has 1 aromatic heterocycles. The van der Waals surface area contributed by atoms with E-state index in [0.29, 0.717) is 13.2 Å². The number of aromatic nitrogens is 3. The number of halogens is 1. The molecule has 0 radical (unpaired) electrons. The van der Waals surface area contributed by atoms with Crippen LogP contribution in [-0.2, 0) is 17.8 Å². The SMILES string of the molecule is CCNC(=NCc1nncn1CC)NCCOCC.I. The number of hydrogen-bond acceptors (Lipinski definition) is 4. The third kappa shape index (κ3) is 7.04. The fourth-order valence-electron chi connectivity index (χ4n) is 1.54. The second-order valence-corrected chi connectivity index (χ2v) is 3.85. The first-order valence-corrected chi connectivity index (χ1v) is 6.78. The van der Waals surface area contributed by atoms with Crippen molar-refractivity contribution < 1.29 is 4.74 Å². The molecule has 7 nitrogen and oxygen atoms in total. The standard InChI is InChI=1S/C12H24N6O.HI/c1-4-13-12(14-7-8-19-6-3)15-9-11-17-16-10-18(11)5-2;/h10H,4-9H2,1-3H3,(H2,13,14,15);1H. The largest absolute Gasteiger partial charge is 0.380 e. The summed E-state index contributed by atoms with van der Waals surface area (Å²) in [6.07, 6.45) is 1.72. The summed E-state index contributed by atoms with van der Waals surface area (Å²) in [6.45, 7) is 10.4. The summed E-state index contributed by atoms with van der Waals surface area (Å²) in [6, 6.07) is 0. The average molecular weight is 396 g/mol. The third-order valence-corrected chi connectivity index (χ3v) is 2.50. The van der Waals surface area contributed by atoms with Crippen molar-refractivity contribution in [2.75, 3.05) is 26.3 Å². The molecule has 0 aromatic carbocycles. The number of nitrogens with zero attached hydrogens (tertiary/aromatic N) is 4. The molecule has 0 unspecified atom stereocenters. The molecule has 0 aliphatic heterocycles. The van der Waals surface area contributed by atoms with E-state index in [-0.39, 0.29) is 24.0 Å². The Morgan fingerprint density at radius 2 is 2.15 bits per heavy atom. The lowest BCUT2D eigenvalue weighted by Crippen LogP contribution is -2.39. The lowest BCUT2D eigenvalue weighted by Gasteiger charge is -2.11. The van der Waals surface area contributed by atoms with Gasteiger partial charge in [-0.15, -0.1) is 34.2 Å². The first-order chi connectivity index (χ1) is 9.31. The van der Waals surface area contributed by atoms with Crippen LogP contribution in [0.15, 0.2) is 11.3 Å². The molecule has 0 aliphatic carbocycles. The summed E-state index contributed by atoms with van der Waals surface area (Å²) in [5, 5.41) is 14.3. The van der Waals surface area contributed by atoms with E-state index in [4.69, 9.17) is 4.74 Å². The van der Waals surface area contributed by atoms with Gasteiger partial charge in [-0.2, -0.15) is 0 Å². The number of nitrogens with one attached hydrogen (secondary N) is 2. The molecule has 116 valence electrons. The van der Waals surface area contributed by atoms with Crippen molar-refractivity contribution in [1.82, 2.24) is 25.4 Å². The van der Waals surface area contributed by atoms with Crippen molar-refractivity contribution in [2.24, 2.45) is 4.99 Å². The number of aryl methyl sites for hydroxylation is 1. The second-order valence-electron chi connectivity index (χ2n) is 3.85. The maximum atomic E-state index is 5.28. The summed E-state index contributed by atoms with van der Waals surface area (Å²) < 4.78 is 7.26. The van der Waals surface area contributed by atoms with Crippen LogP contribution in [0.4, 0.5) is 0 Å². The van der Waals surface area contributed by atoms with Gasteiger partial charge < -0.3 is 19.9 Å². The molecule has 2 N–H and O–H groups in total. The molecular formula is C12H25IN6O. The highest BCUT2D eigenvalue weighted by Crippen LogP contribution is 1.96. The first-order valence-electron chi connectivity index (χ1n) is 6.78. The molecule has 1 aromatic rings. The number of hydrogen-bond donors (Lipinski definition) is 2. The lowest BCUT2D eigenvalue weighted by molar-refractivity contribution is 0.152. The minimum atomic E-state index is 0. The smallest absolute Gasteiger partial charge is 0.191 e. The van der Waals surface area contributed by atoms with Crippen LogP contribution in [0.5, 0.6) is 0 Å². The Hall–Kier alpha value is -0.900. The van der Waals surface area contributed by atoms with Gasteiger partial charge in [0.2, 0.25) is 0 Å². The van der Waals surface area contributed by atoms with E-state index in [2.05, 4.69) is 32.7 Å². The van der Waals surface area contributed by atoms with Crippen LogP contribution in [0.25, 0.3) is 0 Å². The molecule has 1 heterocycles. The highest BCUT2D eigenvalue weighted by atomic mass is 127. The molecule has 0 amide bonds. The predicted octanol–water partition coefficient (Wildman–Crippen LogP) is 1.01. The Morgan fingerprint density at radius 1 is 1.35 bits per heavy atom. The molecule has 0 saturated heterocycles. The van der Waals surface area contributed by atoms with Gasteiger partial charge in [0.1, 0.15) is 12.9 Å².